The average Bonchev–Trinajstić information content (AvgIpc) is 3.14. The van der Waals surface area contributed by atoms with Crippen LogP contribution in [0, 0.1) is 0 Å². The molecular weight excluding hydrogens is 425 g/mol. The van der Waals surface area contributed by atoms with Crippen molar-refractivity contribution >= 4 is 10.9 Å². The van der Waals surface area contributed by atoms with Crippen molar-refractivity contribution in [2.45, 2.75) is 32.2 Å². The minimum Gasteiger partial charge on any atom is -0.389 e. The summed E-state index contributed by atoms with van der Waals surface area (Å²) in [5, 5.41) is 14.4. The summed E-state index contributed by atoms with van der Waals surface area (Å²) in [6.45, 7) is 3.14. The molecule has 0 saturated carbocycles. The van der Waals surface area contributed by atoms with E-state index in [-0.39, 0.29) is 17.6 Å². The number of aryl methyl sites for hydroxylation is 1. The third-order valence-corrected chi connectivity index (χ3v) is 4.70. The van der Waals surface area contributed by atoms with E-state index in [0.29, 0.717) is 22.3 Å². The lowest BCUT2D eigenvalue weighted by atomic mass is 10.1. The van der Waals surface area contributed by atoms with Crippen LogP contribution in [-0.2, 0) is 19.8 Å². The smallest absolute Gasteiger partial charge is 0.389 e. The number of hydrogen-bond donors (Lipinski definition) is 1. The fraction of sp³-hybridized carbons (Fsp3) is 0.286. The van der Waals surface area contributed by atoms with Gasteiger partial charge in [0, 0.05) is 30.6 Å². The van der Waals surface area contributed by atoms with Gasteiger partial charge >= 0.3 is 6.18 Å². The van der Waals surface area contributed by atoms with Crippen molar-refractivity contribution in [2.75, 3.05) is 0 Å². The number of alkyl halides is 3. The van der Waals surface area contributed by atoms with Gasteiger partial charge in [-0.25, -0.2) is 9.97 Å². The predicted octanol–water partition coefficient (Wildman–Crippen LogP) is 3.04. The first-order valence-electron chi connectivity index (χ1n) is 9.57. The Kier molecular flexibility index (Phi) is 5.08. The van der Waals surface area contributed by atoms with Gasteiger partial charge in [-0.2, -0.15) is 18.3 Å². The summed E-state index contributed by atoms with van der Waals surface area (Å²) in [6, 6.07) is 3.58. The lowest BCUT2D eigenvalue weighted by Gasteiger charge is -2.18. The average molecular weight is 444 g/mol. The maximum Gasteiger partial charge on any atom is 0.433 e. The molecule has 0 aliphatic rings. The summed E-state index contributed by atoms with van der Waals surface area (Å²) in [5.74, 6) is 0. The Morgan fingerprint density at radius 3 is 2.41 bits per heavy atom. The normalized spacial score (nSPS) is 12.5. The minimum atomic E-state index is -4.56. The summed E-state index contributed by atoms with van der Waals surface area (Å²) in [4.78, 5) is 25.6. The number of halogens is 3. The molecule has 1 N–H and O–H groups in total. The summed E-state index contributed by atoms with van der Waals surface area (Å²) in [5.41, 5.74) is -0.754. The molecule has 0 aliphatic carbocycles. The molecule has 0 unspecified atom stereocenters. The Morgan fingerprint density at radius 2 is 1.84 bits per heavy atom. The number of aliphatic hydroxyl groups is 1. The molecule has 0 saturated heterocycles. The molecule has 0 aliphatic heterocycles. The van der Waals surface area contributed by atoms with Crippen LogP contribution < -0.4 is 5.56 Å². The van der Waals surface area contributed by atoms with Crippen LogP contribution in [0.25, 0.3) is 33.4 Å². The highest BCUT2D eigenvalue weighted by Crippen LogP contribution is 2.31. The first-order valence-corrected chi connectivity index (χ1v) is 9.57. The summed E-state index contributed by atoms with van der Waals surface area (Å²) < 4.78 is 41.5. The van der Waals surface area contributed by atoms with Crippen molar-refractivity contribution in [3.63, 3.8) is 0 Å². The zero-order valence-corrected chi connectivity index (χ0v) is 17.4. The third kappa shape index (κ3) is 4.24. The molecule has 0 atom stereocenters. The largest absolute Gasteiger partial charge is 0.433 e. The van der Waals surface area contributed by atoms with E-state index >= 15 is 0 Å². The second-order valence-corrected chi connectivity index (χ2v) is 8.07. The molecule has 0 bridgehead atoms. The molecule has 11 heteroatoms. The Bertz CT molecular complexity index is 1350. The number of rotatable bonds is 4. The van der Waals surface area contributed by atoms with Crippen LogP contribution in [0.2, 0.25) is 0 Å². The second-order valence-electron chi connectivity index (χ2n) is 8.07. The molecule has 166 valence electrons. The topological polar surface area (TPSA) is 98.7 Å². The van der Waals surface area contributed by atoms with Gasteiger partial charge in [-0.1, -0.05) is 0 Å². The van der Waals surface area contributed by atoms with Gasteiger partial charge < -0.3 is 5.11 Å². The molecule has 4 aromatic heterocycles. The molecule has 4 heterocycles. The van der Waals surface area contributed by atoms with Gasteiger partial charge in [-0.15, -0.1) is 0 Å². The Morgan fingerprint density at radius 1 is 1.09 bits per heavy atom. The quantitative estimate of drug-likeness (QED) is 0.520. The van der Waals surface area contributed by atoms with E-state index in [1.807, 2.05) is 0 Å². The van der Waals surface area contributed by atoms with E-state index in [9.17, 15) is 23.1 Å². The zero-order chi connectivity index (χ0) is 23.3. The van der Waals surface area contributed by atoms with E-state index in [4.69, 9.17) is 0 Å². The van der Waals surface area contributed by atoms with Gasteiger partial charge in [0.15, 0.2) is 0 Å². The molecule has 4 aromatic rings. The van der Waals surface area contributed by atoms with Crippen molar-refractivity contribution in [1.29, 1.82) is 0 Å². The summed E-state index contributed by atoms with van der Waals surface area (Å²) in [7, 11) is 1.72. The minimum absolute atomic E-state index is 0.0104. The molecule has 0 amide bonds. The van der Waals surface area contributed by atoms with Gasteiger partial charge in [0.1, 0.15) is 16.9 Å². The van der Waals surface area contributed by atoms with Crippen molar-refractivity contribution in [3.8, 4) is 22.5 Å². The van der Waals surface area contributed by atoms with E-state index in [1.165, 1.54) is 23.0 Å². The first-order chi connectivity index (χ1) is 14.9. The lowest BCUT2D eigenvalue weighted by Crippen LogP contribution is -2.33. The molecule has 4 rings (SSSR count). The van der Waals surface area contributed by atoms with Crippen LogP contribution in [-0.4, -0.2) is 40.0 Å². The van der Waals surface area contributed by atoms with Gasteiger partial charge in [0.05, 0.1) is 35.8 Å². The number of pyridine rings is 2. The van der Waals surface area contributed by atoms with E-state index < -0.39 is 23.0 Å². The van der Waals surface area contributed by atoms with Gasteiger partial charge in [0.25, 0.3) is 5.56 Å². The third-order valence-electron chi connectivity index (χ3n) is 4.70. The van der Waals surface area contributed by atoms with Crippen molar-refractivity contribution in [2.24, 2.45) is 7.05 Å². The molecule has 0 radical (unpaired) electrons. The molecule has 0 aromatic carbocycles. The fourth-order valence-corrected chi connectivity index (χ4v) is 3.30. The number of hydrogen-bond acceptors (Lipinski definition) is 6. The van der Waals surface area contributed by atoms with E-state index in [0.717, 1.165) is 12.3 Å². The highest BCUT2D eigenvalue weighted by molar-refractivity contribution is 5.93. The summed E-state index contributed by atoms with van der Waals surface area (Å²) in [6.07, 6.45) is 1.09. The lowest BCUT2D eigenvalue weighted by molar-refractivity contribution is -0.141. The van der Waals surface area contributed by atoms with Crippen LogP contribution in [0.3, 0.4) is 0 Å². The highest BCUT2D eigenvalue weighted by atomic mass is 19.4. The maximum absolute atomic E-state index is 13.2. The second kappa shape index (κ2) is 7.52. The van der Waals surface area contributed by atoms with Gasteiger partial charge in [-0.05, 0) is 32.0 Å². The van der Waals surface area contributed by atoms with Crippen LogP contribution in [0.15, 0.2) is 47.9 Å². The molecule has 32 heavy (non-hydrogen) atoms. The Labute approximate surface area is 180 Å². The van der Waals surface area contributed by atoms with Crippen molar-refractivity contribution in [3.05, 3.63) is 59.2 Å². The Balaban J connectivity index is 1.95. The van der Waals surface area contributed by atoms with Crippen molar-refractivity contribution < 1.29 is 18.3 Å². The molecule has 0 fully saturated rings. The van der Waals surface area contributed by atoms with Crippen LogP contribution in [0.5, 0.6) is 0 Å². The van der Waals surface area contributed by atoms with Gasteiger partial charge in [-0.3, -0.25) is 19.0 Å². The Hall–Kier alpha value is -3.60. The zero-order valence-electron chi connectivity index (χ0n) is 17.4. The number of fused-ring (bicyclic) bond motifs is 1. The predicted molar refractivity (Wildman–Crippen MR) is 111 cm³/mol. The fourth-order valence-electron chi connectivity index (χ4n) is 3.30. The SMILES string of the molecule is Cn1cc(-c2nc(-c3ccc(C(F)(F)F)nc3)cc3c(=O)n(CC(C)(C)O)cnc23)cn1. The van der Waals surface area contributed by atoms with Crippen molar-refractivity contribution in [1.82, 2.24) is 29.3 Å². The monoisotopic (exact) mass is 444 g/mol. The highest BCUT2D eigenvalue weighted by Gasteiger charge is 2.32. The first kappa shape index (κ1) is 21.6. The van der Waals surface area contributed by atoms with E-state index in [1.54, 1.807) is 38.0 Å². The standard InChI is InChI=1S/C21H19F3N6O2/c1-20(2,32)10-30-11-26-18-14(19(30)31)6-15(28-17(18)13-8-27-29(3)9-13)12-4-5-16(25-7-12)21(22,23)24/h4-9,11,32H,10H2,1-3H3. The van der Waals surface area contributed by atoms with Crippen LogP contribution in [0.4, 0.5) is 13.2 Å². The summed E-state index contributed by atoms with van der Waals surface area (Å²) >= 11 is 0. The number of nitrogens with zero attached hydrogens (tertiary/aromatic N) is 6. The number of aromatic nitrogens is 6. The molecular formula is C21H19F3N6O2. The van der Waals surface area contributed by atoms with Gasteiger partial charge in [0.2, 0.25) is 0 Å². The molecule has 0 spiro atoms. The molecule has 8 nitrogen and oxygen atoms in total. The maximum atomic E-state index is 13.2. The van der Waals surface area contributed by atoms with E-state index in [2.05, 4.69) is 20.1 Å². The van der Waals surface area contributed by atoms with Crippen LogP contribution >= 0.6 is 0 Å². The van der Waals surface area contributed by atoms with Crippen LogP contribution in [0.1, 0.15) is 19.5 Å².